The van der Waals surface area contributed by atoms with Crippen LogP contribution < -0.4 is 0 Å². The summed E-state index contributed by atoms with van der Waals surface area (Å²) in [5, 5.41) is 3.80. The molecule has 0 aliphatic carbocycles. The topological polar surface area (TPSA) is 86.3 Å². The molecule has 3 heterocycles. The minimum absolute atomic E-state index is 0.0261. The van der Waals surface area contributed by atoms with Crippen LogP contribution >= 0.6 is 0 Å². The van der Waals surface area contributed by atoms with E-state index in [4.69, 9.17) is 9.26 Å². The number of hydrogen-bond acceptors (Lipinski definition) is 6. The molecule has 0 N–H and O–H groups in total. The van der Waals surface area contributed by atoms with Gasteiger partial charge in [-0.3, -0.25) is 4.79 Å². The lowest BCUT2D eigenvalue weighted by atomic mass is 10.1. The molecule has 1 saturated heterocycles. The zero-order chi connectivity index (χ0) is 22.9. The lowest BCUT2D eigenvalue weighted by molar-refractivity contribution is -0.140. The first-order chi connectivity index (χ1) is 15.2. The molecular formula is C21H22F3N5O3. The van der Waals surface area contributed by atoms with Crippen LogP contribution in [0.15, 0.2) is 41.2 Å². The van der Waals surface area contributed by atoms with E-state index in [0.29, 0.717) is 6.54 Å². The monoisotopic (exact) mass is 449 g/mol. The van der Waals surface area contributed by atoms with Crippen LogP contribution in [0, 0.1) is 0 Å². The Labute approximate surface area is 182 Å². The fourth-order valence-corrected chi connectivity index (χ4v) is 3.54. The van der Waals surface area contributed by atoms with Gasteiger partial charge in [0.05, 0.1) is 18.7 Å². The van der Waals surface area contributed by atoms with Gasteiger partial charge in [0.2, 0.25) is 11.7 Å². The first-order valence-corrected chi connectivity index (χ1v) is 10.1. The largest absolute Gasteiger partial charge is 0.416 e. The summed E-state index contributed by atoms with van der Waals surface area (Å²) in [6, 6.07) is 4.69. The van der Waals surface area contributed by atoms with Crippen molar-refractivity contribution in [3.63, 3.8) is 0 Å². The number of ether oxygens (including phenoxy) is 1. The Morgan fingerprint density at radius 2 is 2.12 bits per heavy atom. The predicted octanol–water partition coefficient (Wildman–Crippen LogP) is 3.68. The van der Waals surface area contributed by atoms with E-state index < -0.39 is 17.8 Å². The number of carbonyl (C=O) groups excluding carboxylic acids is 1. The summed E-state index contributed by atoms with van der Waals surface area (Å²) >= 11 is 0. The van der Waals surface area contributed by atoms with Gasteiger partial charge in [-0.25, -0.2) is 4.98 Å². The molecule has 1 unspecified atom stereocenters. The van der Waals surface area contributed by atoms with Gasteiger partial charge in [0.25, 0.3) is 5.89 Å². The molecule has 170 valence electrons. The maximum absolute atomic E-state index is 13.0. The SMILES string of the molecule is CC(C)c1nccn1CC(=O)N1CCOC(c2nc(-c3cccc(C(F)(F)F)c3)no2)C1. The molecule has 2 aromatic heterocycles. The number of rotatable bonds is 5. The van der Waals surface area contributed by atoms with Gasteiger partial charge in [-0.05, 0) is 12.1 Å². The second-order valence-corrected chi connectivity index (χ2v) is 7.80. The van der Waals surface area contributed by atoms with E-state index in [9.17, 15) is 18.0 Å². The van der Waals surface area contributed by atoms with E-state index in [1.165, 1.54) is 12.1 Å². The summed E-state index contributed by atoms with van der Waals surface area (Å²) < 4.78 is 51.7. The van der Waals surface area contributed by atoms with Gasteiger partial charge in [0, 0.05) is 30.4 Å². The molecule has 11 heteroatoms. The summed E-state index contributed by atoms with van der Waals surface area (Å²) in [7, 11) is 0. The zero-order valence-corrected chi connectivity index (χ0v) is 17.5. The number of carbonyl (C=O) groups is 1. The van der Waals surface area contributed by atoms with Crippen molar-refractivity contribution in [1.82, 2.24) is 24.6 Å². The van der Waals surface area contributed by atoms with Crippen molar-refractivity contribution >= 4 is 5.91 Å². The van der Waals surface area contributed by atoms with Gasteiger partial charge in [0.1, 0.15) is 12.4 Å². The number of amides is 1. The summed E-state index contributed by atoms with van der Waals surface area (Å²) in [4.78, 5) is 23.0. The smallest absolute Gasteiger partial charge is 0.365 e. The highest BCUT2D eigenvalue weighted by atomic mass is 19.4. The lowest BCUT2D eigenvalue weighted by Gasteiger charge is -2.31. The summed E-state index contributed by atoms with van der Waals surface area (Å²) in [5.74, 6) is 1.04. The molecule has 32 heavy (non-hydrogen) atoms. The van der Waals surface area contributed by atoms with Gasteiger partial charge in [-0.1, -0.05) is 31.1 Å². The third-order valence-electron chi connectivity index (χ3n) is 5.15. The van der Waals surface area contributed by atoms with Gasteiger partial charge in [0.15, 0.2) is 6.10 Å². The average Bonchev–Trinajstić information content (AvgIpc) is 3.43. The van der Waals surface area contributed by atoms with Gasteiger partial charge in [-0.2, -0.15) is 18.2 Å². The fourth-order valence-electron chi connectivity index (χ4n) is 3.54. The van der Waals surface area contributed by atoms with Crippen molar-refractivity contribution in [3.05, 3.63) is 53.9 Å². The summed E-state index contributed by atoms with van der Waals surface area (Å²) in [6.45, 7) is 5.06. The number of halogens is 3. The van der Waals surface area contributed by atoms with Crippen molar-refractivity contribution in [1.29, 1.82) is 0 Å². The van der Waals surface area contributed by atoms with Crippen molar-refractivity contribution in [2.24, 2.45) is 0 Å². The maximum atomic E-state index is 13.0. The lowest BCUT2D eigenvalue weighted by Crippen LogP contribution is -2.43. The highest BCUT2D eigenvalue weighted by Crippen LogP contribution is 2.32. The third kappa shape index (κ3) is 4.67. The Morgan fingerprint density at radius 3 is 2.88 bits per heavy atom. The first-order valence-electron chi connectivity index (χ1n) is 10.1. The molecule has 4 rings (SSSR count). The number of aromatic nitrogens is 4. The number of morpholine rings is 1. The molecule has 3 aromatic rings. The van der Waals surface area contributed by atoms with E-state index in [1.54, 1.807) is 17.3 Å². The van der Waals surface area contributed by atoms with Crippen LogP contribution in [-0.4, -0.2) is 50.2 Å². The normalized spacial score (nSPS) is 17.2. The number of hydrogen-bond donors (Lipinski definition) is 0. The fraction of sp³-hybridized carbons (Fsp3) is 0.429. The molecule has 0 radical (unpaired) electrons. The van der Waals surface area contributed by atoms with Crippen LogP contribution in [0.1, 0.15) is 43.1 Å². The maximum Gasteiger partial charge on any atom is 0.416 e. The Balaban J connectivity index is 1.46. The van der Waals surface area contributed by atoms with E-state index in [2.05, 4.69) is 15.1 Å². The molecular weight excluding hydrogens is 427 g/mol. The Morgan fingerprint density at radius 1 is 1.31 bits per heavy atom. The standard InChI is InChI=1S/C21H22F3N5O3/c1-13(2)19-25-6-7-29(19)12-17(30)28-8-9-31-16(11-28)20-26-18(27-32-20)14-4-3-5-15(10-14)21(22,23)24/h3-7,10,13,16H,8-9,11-12H2,1-2H3. The Hall–Kier alpha value is -3.21. The molecule has 1 aliphatic heterocycles. The Kier molecular flexibility index (Phi) is 6.00. The van der Waals surface area contributed by atoms with Crippen LogP contribution in [0.25, 0.3) is 11.4 Å². The molecule has 1 aliphatic rings. The molecule has 1 amide bonds. The Bertz CT molecular complexity index is 1090. The quantitative estimate of drug-likeness (QED) is 0.591. The van der Waals surface area contributed by atoms with Gasteiger partial charge < -0.3 is 18.7 Å². The first kappa shape index (κ1) is 22.0. The zero-order valence-electron chi connectivity index (χ0n) is 17.5. The van der Waals surface area contributed by atoms with Gasteiger partial charge in [-0.15, -0.1) is 0 Å². The van der Waals surface area contributed by atoms with E-state index >= 15 is 0 Å². The number of imidazole rings is 1. The van der Waals surface area contributed by atoms with Crippen LogP contribution in [0.2, 0.25) is 0 Å². The molecule has 0 saturated carbocycles. The molecule has 8 nitrogen and oxygen atoms in total. The molecule has 0 bridgehead atoms. The number of benzene rings is 1. The highest BCUT2D eigenvalue weighted by Gasteiger charge is 2.32. The van der Waals surface area contributed by atoms with Crippen LogP contribution in [0.4, 0.5) is 13.2 Å². The molecule has 1 aromatic carbocycles. The number of nitrogens with zero attached hydrogens (tertiary/aromatic N) is 5. The minimum atomic E-state index is -4.47. The third-order valence-corrected chi connectivity index (χ3v) is 5.15. The van der Waals surface area contributed by atoms with Crippen LogP contribution in [0.5, 0.6) is 0 Å². The average molecular weight is 449 g/mol. The van der Waals surface area contributed by atoms with Crippen molar-refractivity contribution in [2.45, 2.75) is 38.6 Å². The van der Waals surface area contributed by atoms with E-state index in [1.807, 2.05) is 18.4 Å². The molecule has 1 atom stereocenters. The summed E-state index contributed by atoms with van der Waals surface area (Å²) in [6.07, 6.45) is -1.70. The summed E-state index contributed by atoms with van der Waals surface area (Å²) in [5.41, 5.74) is -0.618. The highest BCUT2D eigenvalue weighted by molar-refractivity contribution is 5.76. The second-order valence-electron chi connectivity index (χ2n) is 7.80. The minimum Gasteiger partial charge on any atom is -0.365 e. The van der Waals surface area contributed by atoms with Crippen molar-refractivity contribution < 1.29 is 27.2 Å². The predicted molar refractivity (Wildman–Crippen MR) is 106 cm³/mol. The number of alkyl halides is 3. The van der Waals surface area contributed by atoms with Gasteiger partial charge >= 0.3 is 6.18 Å². The second kappa shape index (κ2) is 8.73. The van der Waals surface area contributed by atoms with Crippen molar-refractivity contribution in [2.75, 3.05) is 19.7 Å². The van der Waals surface area contributed by atoms with E-state index in [-0.39, 0.29) is 48.8 Å². The molecule has 0 spiro atoms. The van der Waals surface area contributed by atoms with E-state index in [0.717, 1.165) is 18.0 Å². The molecule has 1 fully saturated rings. The van der Waals surface area contributed by atoms with Crippen molar-refractivity contribution in [3.8, 4) is 11.4 Å². The van der Waals surface area contributed by atoms with Crippen LogP contribution in [0.3, 0.4) is 0 Å². The van der Waals surface area contributed by atoms with Crippen LogP contribution in [-0.2, 0) is 22.3 Å².